The molecule has 0 aromatic carbocycles. The lowest BCUT2D eigenvalue weighted by molar-refractivity contribution is -0.134. The molecule has 3 saturated carbocycles. The zero-order chi connectivity index (χ0) is 15.2. The average molecular weight is 305 g/mol. The third-order valence-corrected chi connectivity index (χ3v) is 6.07. The van der Waals surface area contributed by atoms with Crippen molar-refractivity contribution in [3.05, 3.63) is 0 Å². The van der Waals surface area contributed by atoms with Gasteiger partial charge in [0.25, 0.3) is 5.91 Å². The van der Waals surface area contributed by atoms with Gasteiger partial charge in [-0.1, -0.05) is 32.1 Å². The van der Waals surface area contributed by atoms with E-state index >= 15 is 0 Å². The van der Waals surface area contributed by atoms with E-state index in [1.165, 1.54) is 49.8 Å². The molecule has 0 atom stereocenters. The monoisotopic (exact) mass is 305 g/mol. The second-order valence-electron chi connectivity index (χ2n) is 7.63. The topological polar surface area (TPSA) is 52.7 Å². The summed E-state index contributed by atoms with van der Waals surface area (Å²) in [5, 5.41) is 3.04. The Morgan fingerprint density at radius 1 is 0.955 bits per heavy atom. The van der Waals surface area contributed by atoms with Crippen LogP contribution in [0.15, 0.2) is 0 Å². The maximum Gasteiger partial charge on any atom is 0.326 e. The molecule has 3 aliphatic carbocycles. The summed E-state index contributed by atoms with van der Waals surface area (Å²) in [5.74, 6) is 0.0425. The van der Waals surface area contributed by atoms with E-state index in [1.807, 2.05) is 0 Å². The Bertz CT molecular complexity index is 463. The third-order valence-electron chi connectivity index (χ3n) is 6.07. The first-order valence-electron chi connectivity index (χ1n) is 9.09. The quantitative estimate of drug-likeness (QED) is 0.812. The molecule has 3 amide bonds. The van der Waals surface area contributed by atoms with Gasteiger partial charge in [0.2, 0.25) is 0 Å². The van der Waals surface area contributed by atoms with Crippen molar-refractivity contribution in [3.63, 3.8) is 0 Å². The van der Waals surface area contributed by atoms with Gasteiger partial charge in [-0.3, -0.25) is 9.69 Å². The summed E-state index contributed by atoms with van der Waals surface area (Å²) in [6.07, 6.45) is 12.4. The lowest BCUT2D eigenvalue weighted by Crippen LogP contribution is -2.50. The fourth-order valence-electron chi connectivity index (χ4n) is 4.63. The number of imide groups is 1. The van der Waals surface area contributed by atoms with E-state index in [2.05, 4.69) is 10.2 Å². The number of carbonyl (C=O) groups is 2. The van der Waals surface area contributed by atoms with Crippen LogP contribution in [0, 0.1) is 0 Å². The van der Waals surface area contributed by atoms with Crippen LogP contribution in [-0.2, 0) is 4.79 Å². The van der Waals surface area contributed by atoms with Crippen molar-refractivity contribution in [3.8, 4) is 0 Å². The molecule has 1 aliphatic heterocycles. The second kappa shape index (κ2) is 5.52. The molecule has 0 radical (unpaired) electrons. The molecule has 1 saturated heterocycles. The maximum atomic E-state index is 12.9. The van der Waals surface area contributed by atoms with Gasteiger partial charge in [0.05, 0.1) is 6.67 Å². The molecule has 4 rings (SSSR count). The van der Waals surface area contributed by atoms with Gasteiger partial charge >= 0.3 is 6.03 Å². The van der Waals surface area contributed by atoms with Crippen molar-refractivity contribution < 1.29 is 9.59 Å². The molecule has 4 fully saturated rings. The minimum absolute atomic E-state index is 0.0425. The molecule has 0 aromatic rings. The Kier molecular flexibility index (Phi) is 3.63. The fourth-order valence-corrected chi connectivity index (χ4v) is 4.63. The third kappa shape index (κ3) is 2.43. The Hall–Kier alpha value is -1.10. The Labute approximate surface area is 132 Å². The van der Waals surface area contributed by atoms with Crippen LogP contribution >= 0.6 is 0 Å². The Morgan fingerprint density at radius 3 is 2.23 bits per heavy atom. The molecule has 0 bridgehead atoms. The summed E-state index contributed by atoms with van der Waals surface area (Å²) >= 11 is 0. The number of carbonyl (C=O) groups excluding carboxylic acids is 2. The number of nitrogens with one attached hydrogen (secondary N) is 1. The van der Waals surface area contributed by atoms with Gasteiger partial charge in [-0.25, -0.2) is 9.69 Å². The van der Waals surface area contributed by atoms with Gasteiger partial charge in [0, 0.05) is 12.1 Å². The highest BCUT2D eigenvalue weighted by molar-refractivity contribution is 6.07. The summed E-state index contributed by atoms with van der Waals surface area (Å²) in [5.41, 5.74) is -0.569. The molecule has 0 unspecified atom stereocenters. The maximum absolute atomic E-state index is 12.9. The number of hydrogen-bond acceptors (Lipinski definition) is 3. The SMILES string of the molecule is O=C1NC2(CCCCC2)C(=O)N1CN(C1CCCC1)C1CC1. The summed E-state index contributed by atoms with van der Waals surface area (Å²) in [4.78, 5) is 29.3. The largest absolute Gasteiger partial charge is 0.326 e. The van der Waals surface area contributed by atoms with E-state index in [0.717, 1.165) is 25.7 Å². The molecule has 4 aliphatic rings. The van der Waals surface area contributed by atoms with Gasteiger partial charge in [0.15, 0.2) is 0 Å². The fraction of sp³-hybridized carbons (Fsp3) is 0.882. The smallest absolute Gasteiger partial charge is 0.323 e. The molecule has 5 heteroatoms. The number of urea groups is 1. The summed E-state index contributed by atoms with van der Waals surface area (Å²) in [7, 11) is 0. The van der Waals surface area contributed by atoms with Crippen LogP contribution in [0.1, 0.15) is 70.6 Å². The highest BCUT2D eigenvalue weighted by Gasteiger charge is 2.52. The minimum Gasteiger partial charge on any atom is -0.323 e. The van der Waals surface area contributed by atoms with E-state index in [-0.39, 0.29) is 11.9 Å². The van der Waals surface area contributed by atoms with Crippen molar-refractivity contribution in [2.75, 3.05) is 6.67 Å². The first kappa shape index (κ1) is 14.5. The van der Waals surface area contributed by atoms with Crippen LogP contribution in [0.3, 0.4) is 0 Å². The number of nitrogens with zero attached hydrogens (tertiary/aromatic N) is 2. The molecule has 122 valence electrons. The van der Waals surface area contributed by atoms with Crippen molar-refractivity contribution in [2.45, 2.75) is 88.3 Å². The predicted molar refractivity (Wildman–Crippen MR) is 83.2 cm³/mol. The summed E-state index contributed by atoms with van der Waals surface area (Å²) < 4.78 is 0. The molecule has 1 heterocycles. The van der Waals surface area contributed by atoms with E-state index in [1.54, 1.807) is 0 Å². The van der Waals surface area contributed by atoms with Crippen molar-refractivity contribution in [1.29, 1.82) is 0 Å². The van der Waals surface area contributed by atoms with E-state index in [0.29, 0.717) is 18.8 Å². The molecular weight excluding hydrogens is 278 g/mol. The molecule has 1 N–H and O–H groups in total. The summed E-state index contributed by atoms with van der Waals surface area (Å²) in [6.45, 7) is 0.516. The molecular formula is C17H27N3O2. The molecule has 0 aromatic heterocycles. The zero-order valence-electron chi connectivity index (χ0n) is 13.4. The highest BCUT2D eigenvalue weighted by Crippen LogP contribution is 2.37. The number of rotatable bonds is 4. The lowest BCUT2D eigenvalue weighted by Gasteiger charge is -2.33. The summed E-state index contributed by atoms with van der Waals surface area (Å²) in [6, 6.07) is 1.03. The van der Waals surface area contributed by atoms with E-state index in [4.69, 9.17) is 0 Å². The molecule has 22 heavy (non-hydrogen) atoms. The van der Waals surface area contributed by atoms with E-state index in [9.17, 15) is 9.59 Å². The normalized spacial score (nSPS) is 28.9. The van der Waals surface area contributed by atoms with Gasteiger partial charge < -0.3 is 5.32 Å². The van der Waals surface area contributed by atoms with Gasteiger partial charge in [-0.15, -0.1) is 0 Å². The van der Waals surface area contributed by atoms with Crippen molar-refractivity contribution >= 4 is 11.9 Å². The Balaban J connectivity index is 1.49. The average Bonchev–Trinajstić information content (AvgIpc) is 3.16. The van der Waals surface area contributed by atoms with E-state index < -0.39 is 5.54 Å². The van der Waals surface area contributed by atoms with Crippen LogP contribution in [0.4, 0.5) is 4.79 Å². The van der Waals surface area contributed by atoms with Crippen molar-refractivity contribution in [1.82, 2.24) is 15.1 Å². The molecule has 5 nitrogen and oxygen atoms in total. The van der Waals surface area contributed by atoms with Gasteiger partial charge in [-0.05, 0) is 38.5 Å². The van der Waals surface area contributed by atoms with Crippen LogP contribution in [0.5, 0.6) is 0 Å². The number of amides is 3. The van der Waals surface area contributed by atoms with Gasteiger partial charge in [0.1, 0.15) is 5.54 Å². The standard InChI is InChI=1S/C17H27N3O2/c21-15-17(10-4-1-5-11-17)18-16(22)20(15)12-19(14-8-9-14)13-6-2-3-7-13/h13-14H,1-12H2,(H,18,22). The highest BCUT2D eigenvalue weighted by atomic mass is 16.2. The first-order valence-corrected chi connectivity index (χ1v) is 9.09. The molecule has 1 spiro atoms. The Morgan fingerprint density at radius 2 is 1.59 bits per heavy atom. The first-order chi connectivity index (χ1) is 10.7. The van der Waals surface area contributed by atoms with Crippen LogP contribution in [-0.4, -0.2) is 46.0 Å². The minimum atomic E-state index is -0.569. The van der Waals surface area contributed by atoms with Crippen LogP contribution in [0.25, 0.3) is 0 Å². The number of hydrogen-bond donors (Lipinski definition) is 1. The van der Waals surface area contributed by atoms with Crippen LogP contribution in [0.2, 0.25) is 0 Å². The van der Waals surface area contributed by atoms with Crippen LogP contribution < -0.4 is 5.32 Å². The zero-order valence-corrected chi connectivity index (χ0v) is 13.4. The van der Waals surface area contributed by atoms with Gasteiger partial charge in [-0.2, -0.15) is 0 Å². The second-order valence-corrected chi connectivity index (χ2v) is 7.63. The lowest BCUT2D eigenvalue weighted by atomic mass is 9.82. The van der Waals surface area contributed by atoms with Crippen molar-refractivity contribution in [2.24, 2.45) is 0 Å². The predicted octanol–water partition coefficient (Wildman–Crippen LogP) is 2.61.